The Hall–Kier alpha value is -1.08. The van der Waals surface area contributed by atoms with E-state index >= 15 is 0 Å². The summed E-state index contributed by atoms with van der Waals surface area (Å²) in [7, 11) is 0. The van der Waals surface area contributed by atoms with E-state index in [1.807, 2.05) is 0 Å². The van der Waals surface area contributed by atoms with Crippen molar-refractivity contribution in [1.29, 1.82) is 0 Å². The van der Waals surface area contributed by atoms with Gasteiger partial charge in [-0.2, -0.15) is 13.2 Å². The number of amides is 1. The predicted molar refractivity (Wildman–Crippen MR) is 69.5 cm³/mol. The number of carbonyl (C=O) groups is 1. The molecule has 0 aliphatic carbocycles. The quantitative estimate of drug-likeness (QED) is 0.736. The van der Waals surface area contributed by atoms with Gasteiger partial charge in [-0.05, 0) is 19.8 Å². The van der Waals surface area contributed by atoms with Gasteiger partial charge in [0.15, 0.2) is 5.79 Å². The number of halogens is 3. The summed E-state index contributed by atoms with van der Waals surface area (Å²) in [4.78, 5) is 12.7. The molecule has 0 aromatic carbocycles. The summed E-state index contributed by atoms with van der Waals surface area (Å²) in [5, 5.41) is 0. The number of nitrogens with zero attached hydrogens (tertiary/aromatic N) is 1. The zero-order chi connectivity index (χ0) is 15.7. The summed E-state index contributed by atoms with van der Waals surface area (Å²) in [5.41, 5.74) is -1.02. The van der Waals surface area contributed by atoms with Crippen molar-refractivity contribution in [2.75, 3.05) is 19.8 Å². The van der Waals surface area contributed by atoms with Crippen LogP contribution in [0.15, 0.2) is 12.7 Å². The molecule has 1 unspecified atom stereocenters. The van der Waals surface area contributed by atoms with Gasteiger partial charge in [0.05, 0.1) is 13.2 Å². The van der Waals surface area contributed by atoms with Gasteiger partial charge in [0.25, 0.3) is 0 Å². The molecule has 1 atom stereocenters. The fourth-order valence-corrected chi connectivity index (χ4v) is 3.28. The lowest BCUT2D eigenvalue weighted by atomic mass is 9.87. The Morgan fingerprint density at radius 3 is 2.52 bits per heavy atom. The van der Waals surface area contributed by atoms with Crippen LogP contribution in [0.3, 0.4) is 0 Å². The van der Waals surface area contributed by atoms with E-state index in [1.165, 1.54) is 6.08 Å². The minimum absolute atomic E-state index is 0.0388. The largest absolute Gasteiger partial charge is 0.471 e. The van der Waals surface area contributed by atoms with Crippen molar-refractivity contribution in [2.45, 2.75) is 50.1 Å². The maximum Gasteiger partial charge on any atom is 0.471 e. The van der Waals surface area contributed by atoms with Crippen LogP contribution in [0.25, 0.3) is 0 Å². The molecule has 1 amide bonds. The van der Waals surface area contributed by atoms with Crippen molar-refractivity contribution in [3.63, 3.8) is 0 Å². The van der Waals surface area contributed by atoms with Gasteiger partial charge in [0.1, 0.15) is 0 Å². The zero-order valence-electron chi connectivity index (χ0n) is 12.0. The van der Waals surface area contributed by atoms with E-state index in [4.69, 9.17) is 9.47 Å². The SMILES string of the molecule is C=CCC1(C)CC2(CCCN1C(=O)C(F)(F)F)OCCO2. The molecule has 1 spiro atoms. The molecule has 0 N–H and O–H groups in total. The molecule has 0 bridgehead atoms. The lowest BCUT2D eigenvalue weighted by Gasteiger charge is -2.42. The molecule has 120 valence electrons. The third-order valence-electron chi connectivity index (χ3n) is 4.13. The highest BCUT2D eigenvalue weighted by molar-refractivity contribution is 5.82. The third-order valence-corrected chi connectivity index (χ3v) is 4.13. The monoisotopic (exact) mass is 307 g/mol. The molecule has 0 aromatic rings. The second-order valence-electron chi connectivity index (χ2n) is 5.83. The smallest absolute Gasteiger partial charge is 0.347 e. The Labute approximate surface area is 121 Å². The van der Waals surface area contributed by atoms with Gasteiger partial charge in [-0.15, -0.1) is 6.58 Å². The maximum absolute atomic E-state index is 12.8. The van der Waals surface area contributed by atoms with E-state index in [0.29, 0.717) is 26.1 Å². The number of rotatable bonds is 2. The van der Waals surface area contributed by atoms with E-state index in [0.717, 1.165) is 4.90 Å². The standard InChI is InChI=1S/C14H20F3NO3/c1-3-5-12(2)10-13(20-8-9-21-13)6-4-7-18(12)11(19)14(15,16)17/h3H,1,4-10H2,2H3. The van der Waals surface area contributed by atoms with Crippen molar-refractivity contribution in [1.82, 2.24) is 4.90 Å². The zero-order valence-corrected chi connectivity index (χ0v) is 12.0. The summed E-state index contributed by atoms with van der Waals surface area (Å²) in [6.45, 7) is 6.13. The Bertz CT molecular complexity index is 418. The van der Waals surface area contributed by atoms with E-state index in [1.54, 1.807) is 6.92 Å². The first-order valence-corrected chi connectivity index (χ1v) is 7.00. The number of ether oxygens (including phenoxy) is 2. The Kier molecular flexibility index (Phi) is 4.35. The molecule has 7 heteroatoms. The van der Waals surface area contributed by atoms with Crippen LogP contribution in [0.1, 0.15) is 32.6 Å². The lowest BCUT2D eigenvalue weighted by molar-refractivity contribution is -0.199. The summed E-state index contributed by atoms with van der Waals surface area (Å²) in [5.74, 6) is -2.68. The van der Waals surface area contributed by atoms with Gasteiger partial charge in [-0.25, -0.2) is 0 Å². The Morgan fingerprint density at radius 1 is 1.38 bits per heavy atom. The van der Waals surface area contributed by atoms with Crippen LogP contribution >= 0.6 is 0 Å². The topological polar surface area (TPSA) is 38.8 Å². The van der Waals surface area contributed by atoms with Crippen LogP contribution in [-0.2, 0) is 14.3 Å². The molecule has 2 aliphatic rings. The van der Waals surface area contributed by atoms with E-state index < -0.39 is 23.4 Å². The fraction of sp³-hybridized carbons (Fsp3) is 0.786. The molecule has 0 aromatic heterocycles. The van der Waals surface area contributed by atoms with Gasteiger partial charge in [-0.1, -0.05) is 6.08 Å². The predicted octanol–water partition coefficient (Wildman–Crippen LogP) is 2.64. The van der Waals surface area contributed by atoms with Gasteiger partial charge in [0, 0.05) is 24.9 Å². The number of alkyl halides is 3. The number of hydrogen-bond acceptors (Lipinski definition) is 3. The highest BCUT2D eigenvalue weighted by Gasteiger charge is 2.53. The van der Waals surface area contributed by atoms with Gasteiger partial charge < -0.3 is 14.4 Å². The number of hydrogen-bond donors (Lipinski definition) is 0. The van der Waals surface area contributed by atoms with Gasteiger partial charge >= 0.3 is 12.1 Å². The molecule has 2 aliphatic heterocycles. The Morgan fingerprint density at radius 2 is 2.00 bits per heavy atom. The summed E-state index contributed by atoms with van der Waals surface area (Å²) < 4.78 is 49.8. The van der Waals surface area contributed by atoms with E-state index in [-0.39, 0.29) is 19.4 Å². The number of carbonyl (C=O) groups excluding carboxylic acids is 1. The first-order valence-electron chi connectivity index (χ1n) is 7.00. The van der Waals surface area contributed by atoms with Crippen LogP contribution in [-0.4, -0.2) is 48.1 Å². The van der Waals surface area contributed by atoms with Crippen molar-refractivity contribution >= 4 is 5.91 Å². The average Bonchev–Trinajstić information content (AvgIpc) is 2.75. The van der Waals surface area contributed by atoms with Crippen LogP contribution in [0.2, 0.25) is 0 Å². The second kappa shape index (κ2) is 5.61. The number of likely N-dealkylation sites (tertiary alicyclic amines) is 1. The third kappa shape index (κ3) is 3.23. The highest BCUT2D eigenvalue weighted by Crippen LogP contribution is 2.42. The molecular weight excluding hydrogens is 287 g/mol. The molecule has 0 radical (unpaired) electrons. The molecule has 2 saturated heterocycles. The first kappa shape index (κ1) is 16.3. The molecular formula is C14H20F3NO3. The van der Waals surface area contributed by atoms with E-state index in [9.17, 15) is 18.0 Å². The minimum atomic E-state index is -4.88. The van der Waals surface area contributed by atoms with Crippen LogP contribution < -0.4 is 0 Å². The molecule has 21 heavy (non-hydrogen) atoms. The van der Waals surface area contributed by atoms with Crippen LogP contribution in [0, 0.1) is 0 Å². The molecule has 0 saturated carbocycles. The molecule has 2 rings (SSSR count). The fourth-order valence-electron chi connectivity index (χ4n) is 3.28. The summed E-state index contributed by atoms with van der Waals surface area (Å²) in [6.07, 6.45) is -1.98. The van der Waals surface area contributed by atoms with Crippen molar-refractivity contribution in [2.24, 2.45) is 0 Å². The van der Waals surface area contributed by atoms with Crippen molar-refractivity contribution < 1.29 is 27.4 Å². The van der Waals surface area contributed by atoms with Crippen molar-refractivity contribution in [3.05, 3.63) is 12.7 Å². The summed E-state index contributed by atoms with van der Waals surface area (Å²) >= 11 is 0. The lowest BCUT2D eigenvalue weighted by Crippen LogP contribution is -2.55. The minimum Gasteiger partial charge on any atom is -0.347 e. The van der Waals surface area contributed by atoms with Crippen LogP contribution in [0.4, 0.5) is 13.2 Å². The normalized spacial score (nSPS) is 29.4. The second-order valence-corrected chi connectivity index (χ2v) is 5.83. The van der Waals surface area contributed by atoms with Crippen LogP contribution in [0.5, 0.6) is 0 Å². The average molecular weight is 307 g/mol. The summed E-state index contributed by atoms with van der Waals surface area (Å²) in [6, 6.07) is 0. The molecule has 2 fully saturated rings. The highest BCUT2D eigenvalue weighted by atomic mass is 19.4. The first-order chi connectivity index (χ1) is 9.72. The Balaban J connectivity index is 2.31. The van der Waals surface area contributed by atoms with E-state index in [2.05, 4.69) is 6.58 Å². The maximum atomic E-state index is 12.8. The van der Waals surface area contributed by atoms with Gasteiger partial charge in [0.2, 0.25) is 0 Å². The molecule has 4 nitrogen and oxygen atoms in total. The molecule has 2 heterocycles. The van der Waals surface area contributed by atoms with Gasteiger partial charge in [-0.3, -0.25) is 4.79 Å². The van der Waals surface area contributed by atoms with Crippen molar-refractivity contribution in [3.8, 4) is 0 Å².